The van der Waals surface area contributed by atoms with Gasteiger partial charge in [0.1, 0.15) is 11.9 Å². The molecule has 1 aliphatic heterocycles. The average molecular weight is 557 g/mol. The molecule has 0 radical (unpaired) electrons. The van der Waals surface area contributed by atoms with Crippen LogP contribution in [-0.2, 0) is 25.5 Å². The molecule has 3 aliphatic carbocycles. The largest absolute Gasteiger partial charge is 0.438 e. The van der Waals surface area contributed by atoms with E-state index >= 15 is 0 Å². The van der Waals surface area contributed by atoms with Crippen molar-refractivity contribution < 1.29 is 33.4 Å². The number of ether oxygens (including phenoxy) is 3. The third kappa shape index (κ3) is 3.95. The van der Waals surface area contributed by atoms with Gasteiger partial charge in [-0.25, -0.2) is 4.79 Å². The van der Waals surface area contributed by atoms with E-state index in [1.54, 1.807) is 27.8 Å². The van der Waals surface area contributed by atoms with Crippen LogP contribution in [0, 0.1) is 42.4 Å². The number of nitrogens with zero attached hydrogens (tertiary/aromatic N) is 2. The maximum atomic E-state index is 14.8. The summed E-state index contributed by atoms with van der Waals surface area (Å²) in [7, 11) is 1.63. The van der Waals surface area contributed by atoms with Crippen LogP contribution in [0.5, 0.6) is 0 Å². The van der Waals surface area contributed by atoms with E-state index in [2.05, 4.69) is 25.9 Å². The number of hydrogen-bond donors (Lipinski definition) is 1. The Morgan fingerprint density at radius 1 is 1.18 bits per heavy atom. The Hall–Kier alpha value is -2.49. The smallest absolute Gasteiger partial charge is 0.410 e. The Balaban J connectivity index is 1.61. The second kappa shape index (κ2) is 9.26. The molecule has 220 valence electrons. The number of amides is 1. The molecule has 9 nitrogen and oxygen atoms in total. The summed E-state index contributed by atoms with van der Waals surface area (Å²) in [6.45, 7) is 18.0. The quantitative estimate of drug-likeness (QED) is 0.524. The zero-order valence-corrected chi connectivity index (χ0v) is 25.5. The zero-order valence-electron chi connectivity index (χ0n) is 25.5. The number of carbonyl (C=O) groups excluding carboxylic acids is 2. The molecule has 2 heterocycles. The van der Waals surface area contributed by atoms with E-state index in [-0.39, 0.29) is 36.2 Å². The van der Waals surface area contributed by atoms with E-state index in [9.17, 15) is 14.7 Å². The van der Waals surface area contributed by atoms with E-state index < -0.39 is 41.0 Å². The highest BCUT2D eigenvalue weighted by Crippen LogP contribution is 2.63. The van der Waals surface area contributed by atoms with Crippen molar-refractivity contribution in [3.8, 4) is 0 Å². The summed E-state index contributed by atoms with van der Waals surface area (Å²) in [5.74, 6) is -0.927. The van der Waals surface area contributed by atoms with Crippen molar-refractivity contribution in [3.63, 3.8) is 0 Å². The Morgan fingerprint density at radius 3 is 2.48 bits per heavy atom. The van der Waals surface area contributed by atoms with E-state index in [4.69, 9.17) is 18.7 Å². The zero-order chi connectivity index (χ0) is 29.6. The predicted octanol–water partition coefficient (Wildman–Crippen LogP) is 4.88. The monoisotopic (exact) mass is 556 g/mol. The fourth-order valence-electron chi connectivity index (χ4n) is 7.58. The van der Waals surface area contributed by atoms with E-state index in [0.717, 1.165) is 12.0 Å². The minimum atomic E-state index is -1.87. The minimum Gasteiger partial charge on any atom is -0.438 e. The summed E-state index contributed by atoms with van der Waals surface area (Å²) < 4.78 is 24.0. The van der Waals surface area contributed by atoms with Gasteiger partial charge in [-0.05, 0) is 69.4 Å². The van der Waals surface area contributed by atoms with Crippen LogP contribution in [0.1, 0.15) is 71.9 Å². The maximum absolute atomic E-state index is 14.8. The number of aliphatic hydroxyl groups is 1. The first-order valence-corrected chi connectivity index (χ1v) is 14.3. The molecular weight excluding hydrogens is 512 g/mol. The van der Waals surface area contributed by atoms with Gasteiger partial charge >= 0.3 is 6.09 Å². The van der Waals surface area contributed by atoms with Gasteiger partial charge in [0, 0.05) is 18.5 Å². The van der Waals surface area contributed by atoms with Gasteiger partial charge in [-0.15, -0.1) is 0 Å². The molecule has 0 aromatic carbocycles. The standard InChI is InChI=1S/C31H44N2O7/c1-16-13-30-18(3)11-17(2)28(6,7)23(24(30)34)12-21-15-37-29(8,9)39-26(21)31(30,36)25(16)38-27(35)33(10)14-22-19(4)32-40-20(22)5/h12-13,17-18,23,25-26,36H,11,14-15H2,1-10H3/t17-,18+,23+,25-,26+,30-,31+/m0/s1. The first kappa shape index (κ1) is 29.0. The molecule has 2 fully saturated rings. The lowest BCUT2D eigenvalue weighted by atomic mass is 9.59. The van der Waals surface area contributed by atoms with Crippen LogP contribution in [0.4, 0.5) is 4.79 Å². The minimum absolute atomic E-state index is 0.0536. The van der Waals surface area contributed by atoms with Crippen molar-refractivity contribution in [1.29, 1.82) is 0 Å². The van der Waals surface area contributed by atoms with Gasteiger partial charge in [0.25, 0.3) is 0 Å². The first-order chi connectivity index (χ1) is 18.5. The van der Waals surface area contributed by atoms with Crippen LogP contribution in [0.15, 0.2) is 27.8 Å². The molecule has 4 aliphatic rings. The molecule has 0 unspecified atom stereocenters. The topological polar surface area (TPSA) is 111 Å². The number of aryl methyl sites for hydroxylation is 2. The van der Waals surface area contributed by atoms with Crippen LogP contribution in [0.2, 0.25) is 0 Å². The van der Waals surface area contributed by atoms with Crippen LogP contribution in [0.25, 0.3) is 0 Å². The van der Waals surface area contributed by atoms with Crippen molar-refractivity contribution in [2.24, 2.45) is 28.6 Å². The lowest BCUT2D eigenvalue weighted by molar-refractivity contribution is -0.303. The normalized spacial score (nSPS) is 37.9. The molecule has 5 rings (SSSR count). The highest BCUT2D eigenvalue weighted by molar-refractivity contribution is 5.95. The van der Waals surface area contributed by atoms with Crippen molar-refractivity contribution in [3.05, 3.63) is 40.3 Å². The molecule has 1 aromatic heterocycles. The van der Waals surface area contributed by atoms with E-state index in [1.165, 1.54) is 4.90 Å². The molecule has 9 heteroatoms. The summed E-state index contributed by atoms with van der Waals surface area (Å²) in [4.78, 5) is 29.8. The van der Waals surface area contributed by atoms with Crippen molar-refractivity contribution in [2.45, 2.75) is 98.9 Å². The predicted molar refractivity (Wildman–Crippen MR) is 147 cm³/mol. The Bertz CT molecular complexity index is 1270. The SMILES string of the molecule is CC1=C[C@]23C(=O)[C@@H](C=C4COC(C)(C)O[C@H]4[C@]2(O)[C@H]1OC(=O)N(C)Cc1c(C)noc1C)C(C)(C)[C@@H](C)C[C@H]3C. The molecule has 1 saturated heterocycles. The van der Waals surface area contributed by atoms with Crippen LogP contribution in [-0.4, -0.2) is 64.3 Å². The number of allylic oxidation sites excluding steroid dienone is 1. The number of ketones is 1. The summed E-state index contributed by atoms with van der Waals surface area (Å²) >= 11 is 0. The molecular formula is C31H44N2O7. The van der Waals surface area contributed by atoms with Crippen LogP contribution in [0.3, 0.4) is 0 Å². The highest BCUT2D eigenvalue weighted by Gasteiger charge is 2.74. The maximum Gasteiger partial charge on any atom is 0.410 e. The van der Waals surface area contributed by atoms with Crippen molar-refractivity contribution >= 4 is 11.9 Å². The number of fused-ring (bicyclic) bond motifs is 3. The van der Waals surface area contributed by atoms with Gasteiger partial charge in [0.15, 0.2) is 23.3 Å². The molecule has 2 bridgehead atoms. The van der Waals surface area contributed by atoms with Gasteiger partial charge in [0.2, 0.25) is 0 Å². The number of rotatable bonds is 3. The lowest BCUT2D eigenvalue weighted by Gasteiger charge is -2.52. The van der Waals surface area contributed by atoms with Crippen LogP contribution >= 0.6 is 0 Å². The molecule has 1 aromatic rings. The summed E-state index contributed by atoms with van der Waals surface area (Å²) in [5.41, 5.74) is -0.694. The van der Waals surface area contributed by atoms with Crippen molar-refractivity contribution in [2.75, 3.05) is 13.7 Å². The summed E-state index contributed by atoms with van der Waals surface area (Å²) in [6.07, 6.45) is 1.95. The molecule has 1 N–H and O–H groups in total. The Kier molecular flexibility index (Phi) is 6.72. The highest BCUT2D eigenvalue weighted by atomic mass is 16.7. The van der Waals surface area contributed by atoms with Crippen molar-refractivity contribution in [1.82, 2.24) is 10.1 Å². The van der Waals surface area contributed by atoms with Crippen LogP contribution < -0.4 is 0 Å². The second-order valence-electron chi connectivity index (χ2n) is 13.6. The number of aromatic nitrogens is 1. The third-order valence-corrected chi connectivity index (χ3v) is 10.4. The fraction of sp³-hybridized carbons (Fsp3) is 0.710. The Labute approximate surface area is 236 Å². The molecule has 1 spiro atoms. The molecule has 7 atom stereocenters. The molecule has 40 heavy (non-hydrogen) atoms. The van der Waals surface area contributed by atoms with Gasteiger partial charge in [-0.1, -0.05) is 45.0 Å². The second-order valence-corrected chi connectivity index (χ2v) is 13.6. The van der Waals surface area contributed by atoms with Gasteiger partial charge in [0.05, 0.1) is 24.3 Å². The number of carbonyl (C=O) groups is 2. The fourth-order valence-corrected chi connectivity index (χ4v) is 7.58. The van der Waals surface area contributed by atoms with Gasteiger partial charge in [-0.2, -0.15) is 0 Å². The van der Waals surface area contributed by atoms with Gasteiger partial charge in [-0.3, -0.25) is 4.79 Å². The summed E-state index contributed by atoms with van der Waals surface area (Å²) in [6, 6.07) is 0. The van der Waals surface area contributed by atoms with E-state index in [1.807, 2.05) is 32.9 Å². The number of hydrogen-bond acceptors (Lipinski definition) is 8. The van der Waals surface area contributed by atoms with E-state index in [0.29, 0.717) is 22.6 Å². The first-order valence-electron chi connectivity index (χ1n) is 14.3. The van der Waals surface area contributed by atoms with Gasteiger partial charge < -0.3 is 28.7 Å². The summed E-state index contributed by atoms with van der Waals surface area (Å²) in [5, 5.41) is 17.1. The lowest BCUT2D eigenvalue weighted by Crippen LogP contribution is -2.68. The number of Topliss-reactive ketones (excluding diaryl/α,β-unsaturated/α-hetero) is 1. The molecule has 1 amide bonds. The third-order valence-electron chi connectivity index (χ3n) is 10.4. The Morgan fingerprint density at radius 2 is 1.85 bits per heavy atom. The molecule has 1 saturated carbocycles. The average Bonchev–Trinajstić information content (AvgIpc) is 3.26.